The lowest BCUT2D eigenvalue weighted by atomic mass is 10.1. The van der Waals surface area contributed by atoms with E-state index in [1.54, 1.807) is 30.3 Å². The molecule has 27 heavy (non-hydrogen) atoms. The fourth-order valence-electron chi connectivity index (χ4n) is 3.26. The Labute approximate surface area is 156 Å². The Morgan fingerprint density at radius 2 is 1.70 bits per heavy atom. The highest BCUT2D eigenvalue weighted by Crippen LogP contribution is 2.26. The van der Waals surface area contributed by atoms with E-state index in [1.165, 1.54) is 6.08 Å². The largest absolute Gasteiger partial charge is 0.441 e. The van der Waals surface area contributed by atoms with E-state index in [9.17, 15) is 14.4 Å². The highest BCUT2D eigenvalue weighted by Gasteiger charge is 2.37. The molecule has 0 aliphatic carbocycles. The number of furan rings is 1. The number of amides is 4. The minimum Gasteiger partial charge on any atom is -0.441 e. The lowest BCUT2D eigenvalue weighted by Crippen LogP contribution is -2.54. The summed E-state index contributed by atoms with van der Waals surface area (Å²) in [6.45, 7) is 3.77. The van der Waals surface area contributed by atoms with Crippen molar-refractivity contribution in [3.8, 4) is 0 Å². The number of nitrogens with one attached hydrogen (secondary N) is 1. The Morgan fingerprint density at radius 3 is 2.41 bits per heavy atom. The van der Waals surface area contributed by atoms with Gasteiger partial charge in [0.2, 0.25) is 0 Å². The summed E-state index contributed by atoms with van der Waals surface area (Å²) in [6.07, 6.45) is 3.61. The van der Waals surface area contributed by atoms with Crippen molar-refractivity contribution in [2.75, 3.05) is 22.9 Å². The van der Waals surface area contributed by atoms with E-state index in [0.717, 1.165) is 42.3 Å². The van der Waals surface area contributed by atoms with Gasteiger partial charge in [-0.05, 0) is 44.0 Å². The summed E-state index contributed by atoms with van der Waals surface area (Å²) in [5, 5.41) is 2.21. The first-order valence-electron chi connectivity index (χ1n) is 8.86. The molecule has 138 valence electrons. The number of benzene rings is 1. The Balaban J connectivity index is 1.64. The number of carbonyl (C=O) groups excluding carboxylic acids is 3. The molecule has 2 fully saturated rings. The third-order valence-corrected chi connectivity index (χ3v) is 4.71. The maximum Gasteiger partial charge on any atom is 0.335 e. The minimum absolute atomic E-state index is 0.141. The monoisotopic (exact) mass is 365 g/mol. The lowest BCUT2D eigenvalue weighted by Gasteiger charge is -2.26. The number of anilines is 2. The number of carbonyl (C=O) groups is 3. The summed E-state index contributed by atoms with van der Waals surface area (Å²) >= 11 is 0. The molecule has 2 aromatic rings. The number of urea groups is 1. The topological polar surface area (TPSA) is 82.9 Å². The zero-order chi connectivity index (χ0) is 19.0. The SMILES string of the molecule is Cc1ccc(N2C(=O)NC(=O)/C(=C/c3ccc(N4CCCC4)o3)C2=O)cc1. The van der Waals surface area contributed by atoms with E-state index in [1.807, 2.05) is 13.0 Å². The molecule has 2 saturated heterocycles. The normalized spacial score (nSPS) is 19.1. The molecule has 1 aromatic carbocycles. The average molecular weight is 365 g/mol. The van der Waals surface area contributed by atoms with Crippen LogP contribution in [0.3, 0.4) is 0 Å². The summed E-state index contributed by atoms with van der Waals surface area (Å²) in [5.74, 6) is -0.290. The van der Waals surface area contributed by atoms with Crippen molar-refractivity contribution < 1.29 is 18.8 Å². The van der Waals surface area contributed by atoms with Gasteiger partial charge in [0.15, 0.2) is 5.88 Å². The van der Waals surface area contributed by atoms with Gasteiger partial charge in [-0.1, -0.05) is 17.7 Å². The van der Waals surface area contributed by atoms with Crippen LogP contribution < -0.4 is 15.1 Å². The molecule has 2 aliphatic rings. The van der Waals surface area contributed by atoms with Gasteiger partial charge in [-0.3, -0.25) is 14.9 Å². The van der Waals surface area contributed by atoms with Crippen LogP contribution in [0.15, 0.2) is 46.4 Å². The number of hydrogen-bond donors (Lipinski definition) is 1. The Bertz CT molecular complexity index is 936. The fraction of sp³-hybridized carbons (Fsp3) is 0.250. The molecule has 0 unspecified atom stereocenters. The van der Waals surface area contributed by atoms with Crippen molar-refractivity contribution >= 4 is 35.5 Å². The van der Waals surface area contributed by atoms with E-state index < -0.39 is 17.8 Å². The van der Waals surface area contributed by atoms with Gasteiger partial charge in [0.25, 0.3) is 11.8 Å². The van der Waals surface area contributed by atoms with Crippen LogP contribution in [0.4, 0.5) is 16.4 Å². The smallest absolute Gasteiger partial charge is 0.335 e. The molecule has 0 radical (unpaired) electrons. The summed E-state index contributed by atoms with van der Waals surface area (Å²) in [5.41, 5.74) is 1.26. The standard InChI is InChI=1S/C20H19N3O4/c1-13-4-6-14(7-5-13)23-19(25)16(18(24)21-20(23)26)12-15-8-9-17(27-15)22-10-2-3-11-22/h4-9,12H,2-3,10-11H2,1H3,(H,21,24,26)/b16-12-. The molecule has 7 nitrogen and oxygen atoms in total. The molecular formula is C20H19N3O4. The maximum atomic E-state index is 12.8. The summed E-state index contributed by atoms with van der Waals surface area (Å²) in [4.78, 5) is 40.3. The lowest BCUT2D eigenvalue weighted by molar-refractivity contribution is -0.122. The number of imide groups is 2. The van der Waals surface area contributed by atoms with Crippen LogP contribution in [0.2, 0.25) is 0 Å². The molecule has 7 heteroatoms. The highest BCUT2D eigenvalue weighted by atomic mass is 16.4. The molecule has 0 atom stereocenters. The molecule has 1 N–H and O–H groups in total. The van der Waals surface area contributed by atoms with Gasteiger partial charge in [0.1, 0.15) is 11.3 Å². The minimum atomic E-state index is -0.761. The Hall–Kier alpha value is -3.35. The Kier molecular flexibility index (Phi) is 4.27. The molecule has 0 spiro atoms. The number of rotatable bonds is 3. The summed E-state index contributed by atoms with van der Waals surface area (Å²) < 4.78 is 5.76. The zero-order valence-electron chi connectivity index (χ0n) is 14.9. The van der Waals surface area contributed by atoms with Crippen LogP contribution in [-0.4, -0.2) is 30.9 Å². The van der Waals surface area contributed by atoms with Crippen LogP contribution in [0, 0.1) is 6.92 Å². The van der Waals surface area contributed by atoms with E-state index >= 15 is 0 Å². The van der Waals surface area contributed by atoms with Crippen molar-refractivity contribution in [2.24, 2.45) is 0 Å². The first kappa shape index (κ1) is 17.1. The maximum absolute atomic E-state index is 12.8. The first-order chi connectivity index (χ1) is 13.0. The molecule has 1 aromatic heterocycles. The van der Waals surface area contributed by atoms with Crippen LogP contribution >= 0.6 is 0 Å². The van der Waals surface area contributed by atoms with Crippen molar-refractivity contribution in [3.05, 3.63) is 53.3 Å². The van der Waals surface area contributed by atoms with Crippen LogP contribution in [-0.2, 0) is 9.59 Å². The predicted octanol–water partition coefficient (Wildman–Crippen LogP) is 2.85. The number of hydrogen-bond acceptors (Lipinski definition) is 5. The van der Waals surface area contributed by atoms with Crippen molar-refractivity contribution in [1.29, 1.82) is 0 Å². The quantitative estimate of drug-likeness (QED) is 0.668. The average Bonchev–Trinajstić information content (AvgIpc) is 3.31. The number of aryl methyl sites for hydroxylation is 1. The van der Waals surface area contributed by atoms with E-state index in [2.05, 4.69) is 10.2 Å². The molecular weight excluding hydrogens is 346 g/mol. The predicted molar refractivity (Wildman–Crippen MR) is 100 cm³/mol. The van der Waals surface area contributed by atoms with Gasteiger partial charge in [0.05, 0.1) is 5.69 Å². The summed E-state index contributed by atoms with van der Waals surface area (Å²) in [6, 6.07) is 9.70. The van der Waals surface area contributed by atoms with Crippen molar-refractivity contribution in [2.45, 2.75) is 19.8 Å². The van der Waals surface area contributed by atoms with E-state index in [4.69, 9.17) is 4.42 Å². The second-order valence-corrected chi connectivity index (χ2v) is 6.66. The highest BCUT2D eigenvalue weighted by molar-refractivity contribution is 6.39. The second kappa shape index (κ2) is 6.75. The molecule has 4 rings (SSSR count). The van der Waals surface area contributed by atoms with Gasteiger partial charge in [0, 0.05) is 19.2 Å². The van der Waals surface area contributed by atoms with Gasteiger partial charge in [-0.25, -0.2) is 9.69 Å². The first-order valence-corrected chi connectivity index (χ1v) is 8.86. The number of barbiturate groups is 1. The van der Waals surface area contributed by atoms with Gasteiger partial charge >= 0.3 is 6.03 Å². The third kappa shape index (κ3) is 3.23. The number of nitrogens with zero attached hydrogens (tertiary/aromatic N) is 2. The molecule has 0 saturated carbocycles. The molecule has 2 aliphatic heterocycles. The van der Waals surface area contributed by atoms with Gasteiger partial charge in [-0.15, -0.1) is 0 Å². The van der Waals surface area contributed by atoms with E-state index in [0.29, 0.717) is 11.4 Å². The van der Waals surface area contributed by atoms with Crippen molar-refractivity contribution in [1.82, 2.24) is 5.32 Å². The van der Waals surface area contributed by atoms with Crippen LogP contribution in [0.1, 0.15) is 24.2 Å². The van der Waals surface area contributed by atoms with Gasteiger partial charge < -0.3 is 9.32 Å². The fourth-order valence-corrected chi connectivity index (χ4v) is 3.26. The zero-order valence-corrected chi connectivity index (χ0v) is 14.9. The van der Waals surface area contributed by atoms with Crippen molar-refractivity contribution in [3.63, 3.8) is 0 Å². The second-order valence-electron chi connectivity index (χ2n) is 6.66. The molecule has 0 bridgehead atoms. The van der Waals surface area contributed by atoms with Crippen LogP contribution in [0.25, 0.3) is 6.08 Å². The Morgan fingerprint density at radius 1 is 1.00 bits per heavy atom. The molecule has 4 amide bonds. The third-order valence-electron chi connectivity index (χ3n) is 4.71. The molecule has 3 heterocycles. The van der Waals surface area contributed by atoms with E-state index in [-0.39, 0.29) is 5.57 Å². The van der Waals surface area contributed by atoms with Crippen LogP contribution in [0.5, 0.6) is 0 Å². The van der Waals surface area contributed by atoms with Gasteiger partial charge in [-0.2, -0.15) is 0 Å². The summed E-state index contributed by atoms with van der Waals surface area (Å²) in [7, 11) is 0.